The van der Waals surface area contributed by atoms with Crippen molar-refractivity contribution in [2.45, 2.75) is 12.8 Å². The van der Waals surface area contributed by atoms with Gasteiger partial charge in [0.2, 0.25) is 5.91 Å². The summed E-state index contributed by atoms with van der Waals surface area (Å²) in [7, 11) is 2.06. The van der Waals surface area contributed by atoms with E-state index in [1.165, 1.54) is 0 Å². The van der Waals surface area contributed by atoms with E-state index in [1.807, 2.05) is 6.07 Å². The summed E-state index contributed by atoms with van der Waals surface area (Å²) in [6.07, 6.45) is 3.74. The van der Waals surface area contributed by atoms with Crippen LogP contribution in [-0.2, 0) is 4.79 Å². The first kappa shape index (κ1) is 12.5. The van der Waals surface area contributed by atoms with Crippen molar-refractivity contribution in [2.24, 2.45) is 5.92 Å². The molecule has 0 radical (unpaired) electrons. The summed E-state index contributed by atoms with van der Waals surface area (Å²) in [5.74, 6) is 0.204. The molecule has 1 unspecified atom stereocenters. The van der Waals surface area contributed by atoms with E-state index in [9.17, 15) is 4.79 Å². The van der Waals surface area contributed by atoms with Gasteiger partial charge in [0.15, 0.2) is 0 Å². The molecule has 1 aliphatic heterocycles. The molecule has 1 aliphatic rings. The minimum Gasteiger partial charge on any atom is -0.326 e. The number of likely N-dealkylation sites (tertiary alicyclic amines) is 1. The van der Waals surface area contributed by atoms with Crippen LogP contribution in [0.3, 0.4) is 0 Å². The Morgan fingerprint density at radius 1 is 1.65 bits per heavy atom. The first-order valence-corrected chi connectivity index (χ1v) is 6.55. The number of amides is 1. The quantitative estimate of drug-likeness (QED) is 0.851. The molecule has 4 nitrogen and oxygen atoms in total. The predicted molar refractivity (Wildman–Crippen MR) is 70.8 cm³/mol. The van der Waals surface area contributed by atoms with Gasteiger partial charge in [-0.2, -0.15) is 0 Å². The SMILES string of the molecule is CN1CCCC(C(=O)Nc2ccnc(Br)c2)C1. The molecule has 1 N–H and O–H groups in total. The number of hydrogen-bond donors (Lipinski definition) is 1. The maximum Gasteiger partial charge on any atom is 0.228 e. The van der Waals surface area contributed by atoms with Gasteiger partial charge < -0.3 is 10.2 Å². The maximum atomic E-state index is 12.1. The van der Waals surface area contributed by atoms with Crippen LogP contribution in [0, 0.1) is 5.92 Å². The van der Waals surface area contributed by atoms with E-state index in [1.54, 1.807) is 12.3 Å². The zero-order valence-electron chi connectivity index (χ0n) is 9.82. The number of hydrogen-bond acceptors (Lipinski definition) is 3. The third-order valence-electron chi connectivity index (χ3n) is 2.99. The summed E-state index contributed by atoms with van der Waals surface area (Å²) >= 11 is 3.29. The lowest BCUT2D eigenvalue weighted by atomic mass is 9.97. The summed E-state index contributed by atoms with van der Waals surface area (Å²) in [5, 5.41) is 2.94. The van der Waals surface area contributed by atoms with Crippen LogP contribution in [0.25, 0.3) is 0 Å². The Labute approximate surface area is 110 Å². The minimum absolute atomic E-state index is 0.0979. The molecule has 1 saturated heterocycles. The van der Waals surface area contributed by atoms with Crippen LogP contribution in [0.1, 0.15) is 12.8 Å². The highest BCUT2D eigenvalue weighted by Gasteiger charge is 2.23. The van der Waals surface area contributed by atoms with Crippen molar-refractivity contribution >= 4 is 27.5 Å². The molecule has 2 heterocycles. The molecule has 0 saturated carbocycles. The van der Waals surface area contributed by atoms with Crippen LogP contribution in [0.15, 0.2) is 22.9 Å². The molecule has 0 bridgehead atoms. The van der Waals surface area contributed by atoms with Gasteiger partial charge in [0.1, 0.15) is 4.60 Å². The lowest BCUT2D eigenvalue weighted by molar-refractivity contribution is -0.121. The van der Waals surface area contributed by atoms with Gasteiger partial charge in [-0.3, -0.25) is 4.79 Å². The molecule has 0 aromatic carbocycles. The van der Waals surface area contributed by atoms with Gasteiger partial charge in [-0.05, 0) is 54.5 Å². The molecule has 1 amide bonds. The van der Waals surface area contributed by atoms with Crippen molar-refractivity contribution in [1.29, 1.82) is 0 Å². The third kappa shape index (κ3) is 3.51. The second-order valence-corrected chi connectivity index (χ2v) is 5.27. The smallest absolute Gasteiger partial charge is 0.228 e. The van der Waals surface area contributed by atoms with E-state index in [4.69, 9.17) is 0 Å². The minimum atomic E-state index is 0.0979. The van der Waals surface area contributed by atoms with E-state index in [2.05, 4.69) is 38.2 Å². The van der Waals surface area contributed by atoms with Crippen LogP contribution in [-0.4, -0.2) is 35.9 Å². The van der Waals surface area contributed by atoms with Crippen molar-refractivity contribution in [3.8, 4) is 0 Å². The molecule has 17 heavy (non-hydrogen) atoms. The Morgan fingerprint density at radius 3 is 3.18 bits per heavy atom. The van der Waals surface area contributed by atoms with Crippen molar-refractivity contribution < 1.29 is 4.79 Å². The molecule has 0 spiro atoms. The monoisotopic (exact) mass is 297 g/mol. The van der Waals surface area contributed by atoms with Crippen molar-refractivity contribution in [3.63, 3.8) is 0 Å². The van der Waals surface area contributed by atoms with Gasteiger partial charge >= 0.3 is 0 Å². The maximum absolute atomic E-state index is 12.1. The van der Waals surface area contributed by atoms with Gasteiger partial charge in [-0.1, -0.05) is 0 Å². The number of nitrogens with one attached hydrogen (secondary N) is 1. The van der Waals surface area contributed by atoms with Crippen LogP contribution in [0.4, 0.5) is 5.69 Å². The van der Waals surface area contributed by atoms with Crippen molar-refractivity contribution in [3.05, 3.63) is 22.9 Å². The fraction of sp³-hybridized carbons (Fsp3) is 0.500. The van der Waals surface area contributed by atoms with Gasteiger partial charge in [-0.15, -0.1) is 0 Å². The second kappa shape index (κ2) is 5.60. The number of aromatic nitrogens is 1. The van der Waals surface area contributed by atoms with Gasteiger partial charge in [-0.25, -0.2) is 4.98 Å². The van der Waals surface area contributed by atoms with Crippen molar-refractivity contribution in [2.75, 3.05) is 25.5 Å². The van der Waals surface area contributed by atoms with E-state index < -0.39 is 0 Å². The van der Waals surface area contributed by atoms with E-state index in [0.717, 1.165) is 36.2 Å². The predicted octanol–water partition coefficient (Wildman–Crippen LogP) is 2.12. The number of carbonyl (C=O) groups excluding carboxylic acids is 1. The van der Waals surface area contributed by atoms with Gasteiger partial charge in [0.05, 0.1) is 5.92 Å². The number of pyridine rings is 1. The van der Waals surface area contributed by atoms with Gasteiger partial charge in [0, 0.05) is 18.4 Å². The largest absolute Gasteiger partial charge is 0.326 e. The Balaban J connectivity index is 1.96. The topological polar surface area (TPSA) is 45.2 Å². The molecule has 1 aromatic rings. The highest BCUT2D eigenvalue weighted by molar-refractivity contribution is 9.10. The summed E-state index contributed by atoms with van der Waals surface area (Å²) in [6, 6.07) is 3.61. The van der Waals surface area contributed by atoms with Crippen molar-refractivity contribution in [1.82, 2.24) is 9.88 Å². The van der Waals surface area contributed by atoms with Crippen LogP contribution in [0.2, 0.25) is 0 Å². The molecule has 1 atom stereocenters. The molecule has 1 fully saturated rings. The van der Waals surface area contributed by atoms with Crippen LogP contribution < -0.4 is 5.32 Å². The normalized spacial score (nSPS) is 21.2. The Bertz CT molecular complexity index is 410. The van der Waals surface area contributed by atoms with E-state index in [-0.39, 0.29) is 11.8 Å². The molecule has 92 valence electrons. The number of anilines is 1. The number of rotatable bonds is 2. The van der Waals surface area contributed by atoms with E-state index in [0.29, 0.717) is 0 Å². The highest BCUT2D eigenvalue weighted by Crippen LogP contribution is 2.18. The average molecular weight is 298 g/mol. The first-order chi connectivity index (χ1) is 8.15. The number of piperidine rings is 1. The molecule has 2 rings (SSSR count). The molecule has 1 aromatic heterocycles. The summed E-state index contributed by atoms with van der Waals surface area (Å²) < 4.78 is 0.732. The number of carbonyl (C=O) groups is 1. The van der Waals surface area contributed by atoms with Crippen LogP contribution >= 0.6 is 15.9 Å². The number of nitrogens with zero attached hydrogens (tertiary/aromatic N) is 2. The molecular weight excluding hydrogens is 282 g/mol. The number of halogens is 1. The Kier molecular flexibility index (Phi) is 4.12. The summed E-state index contributed by atoms with van der Waals surface area (Å²) in [4.78, 5) is 18.3. The zero-order chi connectivity index (χ0) is 12.3. The summed E-state index contributed by atoms with van der Waals surface area (Å²) in [6.45, 7) is 1.93. The fourth-order valence-electron chi connectivity index (χ4n) is 2.10. The molecule has 0 aliphatic carbocycles. The first-order valence-electron chi connectivity index (χ1n) is 5.76. The standard InChI is InChI=1S/C12H16BrN3O/c1-16-6-2-3-9(8-16)12(17)15-10-4-5-14-11(13)7-10/h4-5,7,9H,2-3,6,8H2,1H3,(H,14,15,17). The summed E-state index contributed by atoms with van der Waals surface area (Å²) in [5.41, 5.74) is 0.796. The van der Waals surface area contributed by atoms with E-state index >= 15 is 0 Å². The Morgan fingerprint density at radius 2 is 2.47 bits per heavy atom. The average Bonchev–Trinajstić information content (AvgIpc) is 2.29. The van der Waals surface area contributed by atoms with Crippen LogP contribution in [0.5, 0.6) is 0 Å². The Hall–Kier alpha value is -0.940. The zero-order valence-corrected chi connectivity index (χ0v) is 11.4. The molecular formula is C12H16BrN3O. The third-order valence-corrected chi connectivity index (χ3v) is 3.42. The lowest BCUT2D eigenvalue weighted by Crippen LogP contribution is -2.38. The highest BCUT2D eigenvalue weighted by atomic mass is 79.9. The lowest BCUT2D eigenvalue weighted by Gasteiger charge is -2.28. The second-order valence-electron chi connectivity index (χ2n) is 4.46. The fourth-order valence-corrected chi connectivity index (χ4v) is 2.47. The molecule has 5 heteroatoms. The van der Waals surface area contributed by atoms with Gasteiger partial charge in [0.25, 0.3) is 0 Å².